The molecule has 1 atom stereocenters. The first-order valence-corrected chi connectivity index (χ1v) is 5.42. The summed E-state index contributed by atoms with van der Waals surface area (Å²) in [7, 11) is 0. The summed E-state index contributed by atoms with van der Waals surface area (Å²) in [6.45, 7) is 7.94. The van der Waals surface area contributed by atoms with Crippen molar-refractivity contribution < 1.29 is 14.3 Å². The van der Waals surface area contributed by atoms with Crippen LogP contribution in [0.1, 0.15) is 27.7 Å². The summed E-state index contributed by atoms with van der Waals surface area (Å²) >= 11 is 0. The summed E-state index contributed by atoms with van der Waals surface area (Å²) < 4.78 is 10.7. The minimum Gasteiger partial charge on any atom is -0.443 e. The fourth-order valence-electron chi connectivity index (χ4n) is 1.27. The van der Waals surface area contributed by atoms with E-state index in [0.29, 0.717) is 6.61 Å². The number of hydrogen-bond donors (Lipinski definition) is 0. The number of hydrogen-bond acceptors (Lipinski definition) is 3. The number of ether oxygens (including phenoxy) is 2. The summed E-state index contributed by atoms with van der Waals surface area (Å²) in [5, 5.41) is 0. The SMILES string of the molecule is CCOC1C=CC=CN1C(=O)OC(C)(C)C. The number of nitrogens with zero attached hydrogens (tertiary/aromatic N) is 1. The summed E-state index contributed by atoms with van der Waals surface area (Å²) in [5.41, 5.74) is -0.497. The van der Waals surface area contributed by atoms with Gasteiger partial charge in [-0.15, -0.1) is 0 Å². The van der Waals surface area contributed by atoms with Crippen LogP contribution in [0, 0.1) is 0 Å². The van der Waals surface area contributed by atoms with E-state index in [1.165, 1.54) is 4.90 Å². The van der Waals surface area contributed by atoms with Crippen LogP contribution in [0.5, 0.6) is 0 Å². The van der Waals surface area contributed by atoms with Gasteiger partial charge in [0, 0.05) is 12.8 Å². The standard InChI is InChI=1S/C12H19NO3/c1-5-15-10-8-6-7-9-13(10)11(14)16-12(2,3)4/h6-10H,5H2,1-4H3. The molecule has 1 unspecified atom stereocenters. The maximum Gasteiger partial charge on any atom is 0.416 e. The first-order chi connectivity index (χ1) is 7.44. The average molecular weight is 225 g/mol. The lowest BCUT2D eigenvalue weighted by molar-refractivity contribution is -0.0247. The molecular formula is C12H19NO3. The lowest BCUT2D eigenvalue weighted by Gasteiger charge is -2.30. The van der Waals surface area contributed by atoms with E-state index in [-0.39, 0.29) is 6.23 Å². The van der Waals surface area contributed by atoms with Gasteiger partial charge in [0.2, 0.25) is 0 Å². The van der Waals surface area contributed by atoms with Gasteiger partial charge >= 0.3 is 6.09 Å². The van der Waals surface area contributed by atoms with Crippen LogP contribution < -0.4 is 0 Å². The summed E-state index contributed by atoms with van der Waals surface area (Å²) in [6.07, 6.45) is 6.33. The van der Waals surface area contributed by atoms with E-state index in [0.717, 1.165) is 0 Å². The predicted molar refractivity (Wildman–Crippen MR) is 61.8 cm³/mol. The maximum atomic E-state index is 11.8. The molecule has 90 valence electrons. The first kappa shape index (κ1) is 12.8. The Morgan fingerprint density at radius 2 is 2.06 bits per heavy atom. The molecule has 0 fully saturated rings. The minimum absolute atomic E-state index is 0.371. The van der Waals surface area contributed by atoms with Crippen LogP contribution in [0.3, 0.4) is 0 Å². The third-order valence-electron chi connectivity index (χ3n) is 1.85. The van der Waals surface area contributed by atoms with Gasteiger partial charge in [-0.05, 0) is 39.8 Å². The monoisotopic (exact) mass is 225 g/mol. The first-order valence-electron chi connectivity index (χ1n) is 5.42. The molecule has 16 heavy (non-hydrogen) atoms. The second kappa shape index (κ2) is 5.16. The average Bonchev–Trinajstić information content (AvgIpc) is 2.16. The van der Waals surface area contributed by atoms with Crippen LogP contribution in [-0.2, 0) is 9.47 Å². The zero-order valence-electron chi connectivity index (χ0n) is 10.3. The molecule has 1 amide bonds. The molecule has 1 rings (SSSR count). The fraction of sp³-hybridized carbons (Fsp3) is 0.583. The van der Waals surface area contributed by atoms with Crippen molar-refractivity contribution in [3.05, 3.63) is 24.4 Å². The smallest absolute Gasteiger partial charge is 0.416 e. The highest BCUT2D eigenvalue weighted by Crippen LogP contribution is 2.16. The lowest BCUT2D eigenvalue weighted by atomic mass is 10.2. The molecule has 1 aliphatic heterocycles. The Hall–Kier alpha value is -1.29. The summed E-state index contributed by atoms with van der Waals surface area (Å²) in [6, 6.07) is 0. The Balaban J connectivity index is 2.66. The van der Waals surface area contributed by atoms with Crippen LogP contribution in [0.2, 0.25) is 0 Å². The van der Waals surface area contributed by atoms with E-state index >= 15 is 0 Å². The number of carbonyl (C=O) groups is 1. The topological polar surface area (TPSA) is 38.8 Å². The lowest BCUT2D eigenvalue weighted by Crippen LogP contribution is -2.41. The van der Waals surface area contributed by atoms with Crippen molar-refractivity contribution in [2.45, 2.75) is 39.5 Å². The van der Waals surface area contributed by atoms with Crippen molar-refractivity contribution in [1.29, 1.82) is 0 Å². The number of carbonyl (C=O) groups excluding carboxylic acids is 1. The molecule has 4 nitrogen and oxygen atoms in total. The van der Waals surface area contributed by atoms with Gasteiger partial charge in [0.15, 0.2) is 6.23 Å². The highest BCUT2D eigenvalue weighted by molar-refractivity contribution is 5.70. The van der Waals surface area contributed by atoms with E-state index in [4.69, 9.17) is 9.47 Å². The quantitative estimate of drug-likeness (QED) is 0.725. The molecule has 0 radical (unpaired) electrons. The highest BCUT2D eigenvalue weighted by Gasteiger charge is 2.26. The third kappa shape index (κ3) is 3.70. The van der Waals surface area contributed by atoms with Crippen molar-refractivity contribution in [3.8, 4) is 0 Å². The summed E-state index contributed by atoms with van der Waals surface area (Å²) in [4.78, 5) is 13.3. The molecule has 0 aromatic heterocycles. The number of allylic oxidation sites excluding steroid dienone is 2. The van der Waals surface area contributed by atoms with Crippen LogP contribution in [-0.4, -0.2) is 29.4 Å². The Morgan fingerprint density at radius 1 is 1.38 bits per heavy atom. The van der Waals surface area contributed by atoms with Gasteiger partial charge in [-0.2, -0.15) is 0 Å². The molecule has 1 heterocycles. The van der Waals surface area contributed by atoms with Crippen molar-refractivity contribution in [1.82, 2.24) is 4.90 Å². The largest absolute Gasteiger partial charge is 0.443 e. The zero-order chi connectivity index (χ0) is 12.2. The van der Waals surface area contributed by atoms with Crippen LogP contribution in [0.15, 0.2) is 24.4 Å². The fourth-order valence-corrected chi connectivity index (χ4v) is 1.27. The molecule has 0 aliphatic carbocycles. The molecule has 0 aromatic carbocycles. The van der Waals surface area contributed by atoms with Crippen LogP contribution in [0.25, 0.3) is 0 Å². The molecule has 1 aliphatic rings. The van der Waals surface area contributed by atoms with Gasteiger partial charge in [0.1, 0.15) is 5.60 Å². The van der Waals surface area contributed by atoms with E-state index in [1.807, 2.05) is 39.8 Å². The zero-order valence-corrected chi connectivity index (χ0v) is 10.3. The molecule has 0 N–H and O–H groups in total. The molecule has 0 saturated carbocycles. The van der Waals surface area contributed by atoms with E-state index in [2.05, 4.69) is 0 Å². The second-order valence-corrected chi connectivity index (χ2v) is 4.46. The van der Waals surface area contributed by atoms with Crippen molar-refractivity contribution in [2.75, 3.05) is 6.61 Å². The van der Waals surface area contributed by atoms with Gasteiger partial charge in [-0.3, -0.25) is 4.90 Å². The van der Waals surface area contributed by atoms with Crippen molar-refractivity contribution >= 4 is 6.09 Å². The molecule has 0 aromatic rings. The van der Waals surface area contributed by atoms with E-state index < -0.39 is 11.7 Å². The van der Waals surface area contributed by atoms with E-state index in [9.17, 15) is 4.79 Å². The second-order valence-electron chi connectivity index (χ2n) is 4.46. The Labute approximate surface area is 96.5 Å². The normalized spacial score (nSPS) is 20.0. The van der Waals surface area contributed by atoms with Gasteiger partial charge in [-0.25, -0.2) is 4.79 Å². The minimum atomic E-state index is -0.497. The number of amides is 1. The molecular weight excluding hydrogens is 206 g/mol. The molecule has 0 bridgehead atoms. The molecule has 0 saturated heterocycles. The summed E-state index contributed by atoms with van der Waals surface area (Å²) in [5.74, 6) is 0. The van der Waals surface area contributed by atoms with Crippen molar-refractivity contribution in [2.24, 2.45) is 0 Å². The van der Waals surface area contributed by atoms with Gasteiger partial charge in [0.05, 0.1) is 0 Å². The molecule has 0 spiro atoms. The Bertz CT molecular complexity index is 302. The maximum absolute atomic E-state index is 11.8. The third-order valence-corrected chi connectivity index (χ3v) is 1.85. The molecule has 4 heteroatoms. The number of rotatable bonds is 2. The van der Waals surface area contributed by atoms with Gasteiger partial charge < -0.3 is 9.47 Å². The van der Waals surface area contributed by atoms with Crippen LogP contribution in [0.4, 0.5) is 4.79 Å². The Morgan fingerprint density at radius 3 is 2.62 bits per heavy atom. The van der Waals surface area contributed by atoms with E-state index in [1.54, 1.807) is 12.3 Å². The Kier molecular flexibility index (Phi) is 4.12. The van der Waals surface area contributed by atoms with Crippen LogP contribution >= 0.6 is 0 Å². The highest BCUT2D eigenvalue weighted by atomic mass is 16.6. The predicted octanol–water partition coefficient (Wildman–Crippen LogP) is 2.67. The van der Waals surface area contributed by atoms with Crippen molar-refractivity contribution in [3.63, 3.8) is 0 Å². The van der Waals surface area contributed by atoms with Gasteiger partial charge in [-0.1, -0.05) is 6.08 Å². The van der Waals surface area contributed by atoms with Gasteiger partial charge in [0.25, 0.3) is 0 Å².